The van der Waals surface area contributed by atoms with Crippen LogP contribution < -0.4 is 10.1 Å². The Hall–Kier alpha value is -3.23. The quantitative estimate of drug-likeness (QED) is 0.513. The van der Waals surface area contributed by atoms with Crippen molar-refractivity contribution in [3.63, 3.8) is 0 Å². The molecule has 9 heteroatoms. The summed E-state index contributed by atoms with van der Waals surface area (Å²) in [5, 5.41) is 2.82. The van der Waals surface area contributed by atoms with Crippen LogP contribution in [-0.2, 0) is 0 Å². The smallest absolute Gasteiger partial charge is 0.265 e. The number of hydrogen-bond donors (Lipinski definition) is 1. The normalized spacial score (nSPS) is 10.6. The topological polar surface area (TPSA) is 81.9 Å². The van der Waals surface area contributed by atoms with Gasteiger partial charge >= 0.3 is 0 Å². The van der Waals surface area contributed by atoms with Gasteiger partial charge in [0.2, 0.25) is 5.88 Å². The van der Waals surface area contributed by atoms with Gasteiger partial charge in [0.25, 0.3) is 5.91 Å². The molecule has 0 saturated carbocycles. The molecule has 3 aromatic heterocycles. The zero-order valence-electron chi connectivity index (χ0n) is 14.7. The van der Waals surface area contributed by atoms with E-state index in [0.29, 0.717) is 32.3 Å². The molecule has 4 rings (SSSR count). The number of anilines is 1. The van der Waals surface area contributed by atoms with Crippen molar-refractivity contribution >= 4 is 34.5 Å². The van der Waals surface area contributed by atoms with Crippen LogP contribution in [0, 0.1) is 6.92 Å². The van der Waals surface area contributed by atoms with Crippen LogP contribution in [0.2, 0.25) is 4.34 Å². The number of carbonyl (C=O) groups is 1. The van der Waals surface area contributed by atoms with Gasteiger partial charge in [-0.05, 0) is 43.3 Å². The number of halogens is 1. The number of rotatable bonds is 5. The monoisotopic (exact) mass is 411 g/mol. The van der Waals surface area contributed by atoms with Crippen LogP contribution in [0.4, 0.5) is 5.69 Å². The van der Waals surface area contributed by atoms with Gasteiger partial charge in [-0.1, -0.05) is 11.6 Å². The van der Waals surface area contributed by atoms with E-state index in [-0.39, 0.29) is 5.91 Å². The molecular weight excluding hydrogens is 398 g/mol. The first kappa shape index (κ1) is 18.1. The summed E-state index contributed by atoms with van der Waals surface area (Å²) in [6.07, 6.45) is 4.96. The third kappa shape index (κ3) is 4.03. The Bertz CT molecular complexity index is 1120. The molecule has 28 heavy (non-hydrogen) atoms. The fourth-order valence-corrected chi connectivity index (χ4v) is 3.43. The van der Waals surface area contributed by atoms with Gasteiger partial charge in [0, 0.05) is 24.1 Å². The summed E-state index contributed by atoms with van der Waals surface area (Å²) in [5.41, 5.74) is 0.652. The van der Waals surface area contributed by atoms with Crippen molar-refractivity contribution in [2.24, 2.45) is 0 Å². The van der Waals surface area contributed by atoms with Crippen molar-refractivity contribution in [3.8, 4) is 17.4 Å². The molecule has 1 amide bonds. The third-order valence-corrected chi connectivity index (χ3v) is 5.06. The summed E-state index contributed by atoms with van der Waals surface area (Å²) in [5.74, 6) is 2.27. The molecule has 1 N–H and O–H groups in total. The SMILES string of the molecule is Cc1nccn1-c1cc(Oc2ccc(NC(=O)c3ccc(Cl)s3)cc2)ncn1. The number of benzene rings is 1. The molecule has 3 heterocycles. The first-order chi connectivity index (χ1) is 13.6. The summed E-state index contributed by atoms with van der Waals surface area (Å²) in [7, 11) is 0. The van der Waals surface area contributed by atoms with Crippen molar-refractivity contribution in [1.82, 2.24) is 19.5 Å². The predicted octanol–water partition coefficient (Wildman–Crippen LogP) is 4.73. The second-order valence-electron chi connectivity index (χ2n) is 5.74. The van der Waals surface area contributed by atoms with E-state index in [0.717, 1.165) is 5.82 Å². The second-order valence-corrected chi connectivity index (χ2v) is 7.46. The molecule has 0 saturated heterocycles. The number of nitrogens with one attached hydrogen (secondary N) is 1. The molecular formula is C19H14ClN5O2S. The van der Waals surface area contributed by atoms with Crippen LogP contribution in [0.1, 0.15) is 15.5 Å². The van der Waals surface area contributed by atoms with E-state index < -0.39 is 0 Å². The van der Waals surface area contributed by atoms with Gasteiger partial charge in [-0.15, -0.1) is 11.3 Å². The van der Waals surface area contributed by atoms with E-state index in [4.69, 9.17) is 16.3 Å². The van der Waals surface area contributed by atoms with Crippen molar-refractivity contribution in [1.29, 1.82) is 0 Å². The molecule has 0 fully saturated rings. The standard InChI is InChI=1S/C19H14ClN5O2S/c1-12-21-8-9-25(12)17-10-18(23-11-22-17)27-14-4-2-13(3-5-14)24-19(26)15-6-7-16(20)28-15/h2-11H,1H3,(H,24,26). The van der Waals surface area contributed by atoms with Crippen molar-refractivity contribution in [3.05, 3.63) is 76.2 Å². The third-order valence-electron chi connectivity index (χ3n) is 3.83. The highest BCUT2D eigenvalue weighted by Gasteiger charge is 2.10. The Balaban J connectivity index is 1.45. The Morgan fingerprint density at radius 3 is 2.64 bits per heavy atom. The van der Waals surface area contributed by atoms with Crippen LogP contribution in [0.15, 0.2) is 61.2 Å². The second kappa shape index (κ2) is 7.79. The number of nitrogens with zero attached hydrogens (tertiary/aromatic N) is 4. The van der Waals surface area contributed by atoms with Crippen molar-refractivity contribution in [2.75, 3.05) is 5.32 Å². The van der Waals surface area contributed by atoms with Crippen molar-refractivity contribution < 1.29 is 9.53 Å². The molecule has 1 aromatic carbocycles. The van der Waals surface area contributed by atoms with Gasteiger partial charge in [-0.3, -0.25) is 9.36 Å². The lowest BCUT2D eigenvalue weighted by atomic mass is 10.3. The highest BCUT2D eigenvalue weighted by Crippen LogP contribution is 2.25. The Morgan fingerprint density at radius 2 is 1.96 bits per heavy atom. The van der Waals surface area contributed by atoms with Gasteiger partial charge in [0.05, 0.1) is 9.21 Å². The molecule has 0 bridgehead atoms. The highest BCUT2D eigenvalue weighted by molar-refractivity contribution is 7.18. The number of hydrogen-bond acceptors (Lipinski definition) is 6. The van der Waals surface area contributed by atoms with Crippen LogP contribution in [-0.4, -0.2) is 25.4 Å². The van der Waals surface area contributed by atoms with E-state index in [2.05, 4.69) is 20.3 Å². The molecule has 0 radical (unpaired) electrons. The van der Waals surface area contributed by atoms with E-state index in [1.54, 1.807) is 48.7 Å². The number of thiophene rings is 1. The molecule has 0 unspecified atom stereocenters. The molecule has 0 aliphatic carbocycles. The van der Waals surface area contributed by atoms with Crippen LogP contribution in [0.5, 0.6) is 11.6 Å². The lowest BCUT2D eigenvalue weighted by Gasteiger charge is -2.08. The lowest BCUT2D eigenvalue weighted by molar-refractivity contribution is 0.103. The average Bonchev–Trinajstić information content (AvgIpc) is 3.32. The maximum absolute atomic E-state index is 12.2. The Kier molecular flexibility index (Phi) is 5.05. The maximum Gasteiger partial charge on any atom is 0.265 e. The molecule has 0 atom stereocenters. The number of amides is 1. The van der Waals surface area contributed by atoms with E-state index >= 15 is 0 Å². The van der Waals surface area contributed by atoms with Crippen LogP contribution >= 0.6 is 22.9 Å². The van der Waals surface area contributed by atoms with E-state index in [1.165, 1.54) is 17.7 Å². The highest BCUT2D eigenvalue weighted by atomic mass is 35.5. The van der Waals surface area contributed by atoms with Gasteiger partial charge in [-0.25, -0.2) is 15.0 Å². The van der Waals surface area contributed by atoms with Gasteiger partial charge in [0.15, 0.2) is 0 Å². The minimum atomic E-state index is -0.207. The lowest BCUT2D eigenvalue weighted by Crippen LogP contribution is -2.09. The number of imidazole rings is 1. The molecule has 0 aliphatic rings. The summed E-state index contributed by atoms with van der Waals surface area (Å²) >= 11 is 7.09. The fraction of sp³-hybridized carbons (Fsp3) is 0.0526. The zero-order chi connectivity index (χ0) is 19.5. The van der Waals surface area contributed by atoms with Crippen LogP contribution in [0.25, 0.3) is 5.82 Å². The van der Waals surface area contributed by atoms with Gasteiger partial charge in [0.1, 0.15) is 23.7 Å². The summed E-state index contributed by atoms with van der Waals surface area (Å²) in [6, 6.07) is 12.1. The predicted molar refractivity (Wildman–Crippen MR) is 108 cm³/mol. The minimum absolute atomic E-state index is 0.207. The number of aromatic nitrogens is 4. The Labute approximate surface area is 169 Å². The van der Waals surface area contributed by atoms with E-state index in [1.807, 2.05) is 17.7 Å². The summed E-state index contributed by atoms with van der Waals surface area (Å²) in [6.45, 7) is 1.89. The maximum atomic E-state index is 12.2. The van der Waals surface area contributed by atoms with Crippen LogP contribution in [0.3, 0.4) is 0 Å². The molecule has 0 spiro atoms. The number of aryl methyl sites for hydroxylation is 1. The first-order valence-corrected chi connectivity index (χ1v) is 9.45. The van der Waals surface area contributed by atoms with Gasteiger partial charge in [-0.2, -0.15) is 0 Å². The molecule has 7 nitrogen and oxygen atoms in total. The minimum Gasteiger partial charge on any atom is -0.439 e. The largest absolute Gasteiger partial charge is 0.439 e. The van der Waals surface area contributed by atoms with Gasteiger partial charge < -0.3 is 10.1 Å². The first-order valence-electron chi connectivity index (χ1n) is 8.25. The average molecular weight is 412 g/mol. The number of carbonyl (C=O) groups excluding carboxylic acids is 1. The summed E-state index contributed by atoms with van der Waals surface area (Å²) in [4.78, 5) is 25.3. The molecule has 4 aromatic rings. The fourth-order valence-electron chi connectivity index (χ4n) is 2.49. The zero-order valence-corrected chi connectivity index (χ0v) is 16.2. The molecule has 0 aliphatic heterocycles. The molecule has 140 valence electrons. The van der Waals surface area contributed by atoms with E-state index in [9.17, 15) is 4.79 Å². The Morgan fingerprint density at radius 1 is 1.14 bits per heavy atom. The summed E-state index contributed by atoms with van der Waals surface area (Å²) < 4.78 is 8.20. The van der Waals surface area contributed by atoms with Crippen molar-refractivity contribution in [2.45, 2.75) is 6.92 Å². The number of ether oxygens (including phenoxy) is 1.